The maximum atomic E-state index is 12.9. The maximum absolute atomic E-state index is 12.9. The molecule has 1 amide bonds. The fourth-order valence-corrected chi connectivity index (χ4v) is 4.48. The summed E-state index contributed by atoms with van der Waals surface area (Å²) in [7, 11) is 0. The Bertz CT molecular complexity index is 740. The minimum absolute atomic E-state index is 0.153. The Balaban J connectivity index is 1.60. The van der Waals surface area contributed by atoms with Gasteiger partial charge in [-0.3, -0.25) is 4.79 Å². The fourth-order valence-electron chi connectivity index (χ4n) is 3.36. The molecule has 2 aromatic rings. The van der Waals surface area contributed by atoms with E-state index in [9.17, 15) is 4.79 Å². The number of aryl methyl sites for hydroxylation is 1. The van der Waals surface area contributed by atoms with Gasteiger partial charge in [0.25, 0.3) is 5.91 Å². The van der Waals surface area contributed by atoms with Crippen LogP contribution >= 0.6 is 11.3 Å². The van der Waals surface area contributed by atoms with Crippen molar-refractivity contribution >= 4 is 23.1 Å². The highest BCUT2D eigenvalue weighted by Crippen LogP contribution is 2.31. The molecular formula is C16H18N4OS. The van der Waals surface area contributed by atoms with Gasteiger partial charge in [0.2, 0.25) is 0 Å². The Hall–Kier alpha value is -1.95. The number of nitrogens with zero attached hydrogens (tertiary/aromatic N) is 3. The number of hydrogen-bond donors (Lipinski definition) is 1. The van der Waals surface area contributed by atoms with Crippen LogP contribution in [-0.2, 0) is 25.8 Å². The second kappa shape index (κ2) is 5.35. The summed E-state index contributed by atoms with van der Waals surface area (Å²) in [6, 6.07) is 1.84. The molecule has 2 N–H and O–H groups in total. The molecule has 0 saturated heterocycles. The number of aromatic nitrogens is 2. The highest BCUT2D eigenvalue weighted by Gasteiger charge is 2.27. The zero-order valence-electron chi connectivity index (χ0n) is 12.3. The first-order valence-electron chi connectivity index (χ1n) is 7.72. The van der Waals surface area contributed by atoms with Gasteiger partial charge < -0.3 is 10.6 Å². The van der Waals surface area contributed by atoms with Crippen molar-refractivity contribution in [1.29, 1.82) is 0 Å². The Morgan fingerprint density at radius 2 is 2.09 bits per heavy atom. The van der Waals surface area contributed by atoms with Crippen LogP contribution in [0, 0.1) is 0 Å². The van der Waals surface area contributed by atoms with Crippen molar-refractivity contribution in [2.24, 2.45) is 0 Å². The first kappa shape index (κ1) is 13.7. The number of nitrogens with two attached hydrogens (primary N) is 1. The van der Waals surface area contributed by atoms with E-state index >= 15 is 0 Å². The van der Waals surface area contributed by atoms with Gasteiger partial charge in [-0.05, 0) is 42.9 Å². The molecule has 0 bridgehead atoms. The van der Waals surface area contributed by atoms with Gasteiger partial charge in [0.05, 0.1) is 11.3 Å². The quantitative estimate of drug-likeness (QED) is 0.876. The molecule has 1 aliphatic carbocycles. The predicted octanol–water partition coefficient (Wildman–Crippen LogP) is 2.20. The lowest BCUT2D eigenvalue weighted by Crippen LogP contribution is -2.37. The van der Waals surface area contributed by atoms with Crippen molar-refractivity contribution < 1.29 is 4.79 Å². The average molecular weight is 314 g/mol. The summed E-state index contributed by atoms with van der Waals surface area (Å²) in [5.41, 5.74) is 9.91. The van der Waals surface area contributed by atoms with E-state index in [1.54, 1.807) is 11.3 Å². The Kier molecular flexibility index (Phi) is 3.33. The van der Waals surface area contributed by atoms with Crippen LogP contribution < -0.4 is 5.73 Å². The number of carbonyl (C=O) groups is 1. The smallest absolute Gasteiger partial charge is 0.255 e. The van der Waals surface area contributed by atoms with Crippen molar-refractivity contribution in [3.05, 3.63) is 38.7 Å². The summed E-state index contributed by atoms with van der Waals surface area (Å²) in [6.07, 6.45) is 5.36. The van der Waals surface area contributed by atoms with Crippen molar-refractivity contribution in [2.45, 2.75) is 38.6 Å². The van der Waals surface area contributed by atoms with E-state index in [0.29, 0.717) is 18.9 Å². The Labute approximate surface area is 133 Å². The van der Waals surface area contributed by atoms with Crippen molar-refractivity contribution in [1.82, 2.24) is 15.1 Å². The standard InChI is InChI=1S/C16H18N4OS/c17-15-7-10-8-20(6-5-13(10)18-19-15)16(21)12-9-22-14-4-2-1-3-11(12)14/h7,9H,1-6,8H2,(H2,17,19). The van der Waals surface area contributed by atoms with E-state index in [0.717, 1.165) is 36.1 Å². The lowest BCUT2D eigenvalue weighted by molar-refractivity contribution is 0.0732. The molecule has 2 aliphatic rings. The molecule has 114 valence electrons. The van der Waals surface area contributed by atoms with E-state index in [-0.39, 0.29) is 5.91 Å². The number of fused-ring (bicyclic) bond motifs is 2. The number of thiophene rings is 1. The summed E-state index contributed by atoms with van der Waals surface area (Å²) in [5.74, 6) is 0.571. The van der Waals surface area contributed by atoms with Crippen molar-refractivity contribution in [3.63, 3.8) is 0 Å². The third kappa shape index (κ3) is 2.27. The molecule has 0 unspecified atom stereocenters. The molecule has 0 atom stereocenters. The largest absolute Gasteiger partial charge is 0.382 e. The van der Waals surface area contributed by atoms with Crippen LogP contribution in [0.3, 0.4) is 0 Å². The molecular weight excluding hydrogens is 296 g/mol. The SMILES string of the molecule is Nc1cc2c(nn1)CCN(C(=O)c1csc3c1CCCC3)C2. The number of hydrogen-bond acceptors (Lipinski definition) is 5. The molecule has 3 heterocycles. The highest BCUT2D eigenvalue weighted by atomic mass is 32.1. The van der Waals surface area contributed by atoms with E-state index < -0.39 is 0 Å². The summed E-state index contributed by atoms with van der Waals surface area (Å²) in [4.78, 5) is 16.2. The summed E-state index contributed by atoms with van der Waals surface area (Å²) >= 11 is 1.74. The molecule has 5 nitrogen and oxygen atoms in total. The monoisotopic (exact) mass is 314 g/mol. The van der Waals surface area contributed by atoms with E-state index in [2.05, 4.69) is 10.2 Å². The van der Waals surface area contributed by atoms with Gasteiger partial charge in [-0.25, -0.2) is 0 Å². The van der Waals surface area contributed by atoms with Gasteiger partial charge in [-0.2, -0.15) is 5.10 Å². The van der Waals surface area contributed by atoms with Gasteiger partial charge in [0.1, 0.15) is 5.82 Å². The van der Waals surface area contributed by atoms with Gasteiger partial charge in [-0.1, -0.05) is 0 Å². The molecule has 4 rings (SSSR count). The molecule has 22 heavy (non-hydrogen) atoms. The van der Waals surface area contributed by atoms with Crippen LogP contribution in [-0.4, -0.2) is 27.5 Å². The van der Waals surface area contributed by atoms with Crippen LogP contribution in [0.15, 0.2) is 11.4 Å². The maximum Gasteiger partial charge on any atom is 0.255 e. The topological polar surface area (TPSA) is 72.1 Å². The number of carbonyl (C=O) groups excluding carboxylic acids is 1. The lowest BCUT2D eigenvalue weighted by Gasteiger charge is -2.28. The number of amides is 1. The molecule has 0 aromatic carbocycles. The molecule has 6 heteroatoms. The molecule has 0 spiro atoms. The minimum Gasteiger partial charge on any atom is -0.382 e. The number of anilines is 1. The Morgan fingerprint density at radius 3 is 3.00 bits per heavy atom. The van der Waals surface area contributed by atoms with E-state index in [1.165, 1.54) is 23.3 Å². The number of rotatable bonds is 1. The van der Waals surface area contributed by atoms with Gasteiger partial charge in [0.15, 0.2) is 0 Å². The predicted molar refractivity (Wildman–Crippen MR) is 85.8 cm³/mol. The van der Waals surface area contributed by atoms with Crippen LogP contribution in [0.25, 0.3) is 0 Å². The second-order valence-electron chi connectivity index (χ2n) is 5.98. The Morgan fingerprint density at radius 1 is 1.23 bits per heavy atom. The fraction of sp³-hybridized carbons (Fsp3) is 0.438. The van der Waals surface area contributed by atoms with Crippen molar-refractivity contribution in [2.75, 3.05) is 12.3 Å². The van der Waals surface area contributed by atoms with Crippen LogP contribution in [0.2, 0.25) is 0 Å². The molecule has 0 radical (unpaired) electrons. The van der Waals surface area contributed by atoms with Crippen LogP contribution in [0.5, 0.6) is 0 Å². The highest BCUT2D eigenvalue weighted by molar-refractivity contribution is 7.10. The normalized spacial score (nSPS) is 17.0. The molecule has 2 aromatic heterocycles. The van der Waals surface area contributed by atoms with E-state index in [1.807, 2.05) is 16.3 Å². The lowest BCUT2D eigenvalue weighted by atomic mass is 9.95. The molecule has 1 aliphatic heterocycles. The third-order valence-electron chi connectivity index (χ3n) is 4.54. The zero-order chi connectivity index (χ0) is 15.1. The van der Waals surface area contributed by atoms with Gasteiger partial charge >= 0.3 is 0 Å². The van der Waals surface area contributed by atoms with E-state index in [4.69, 9.17) is 5.73 Å². The second-order valence-corrected chi connectivity index (χ2v) is 6.94. The first-order chi connectivity index (χ1) is 10.7. The number of nitrogen functional groups attached to an aromatic ring is 1. The van der Waals surface area contributed by atoms with Crippen LogP contribution in [0.1, 0.15) is 44.9 Å². The summed E-state index contributed by atoms with van der Waals surface area (Å²) in [5, 5.41) is 10.1. The first-order valence-corrected chi connectivity index (χ1v) is 8.60. The zero-order valence-corrected chi connectivity index (χ0v) is 13.2. The van der Waals surface area contributed by atoms with Gasteiger partial charge in [0, 0.05) is 29.8 Å². The minimum atomic E-state index is 0.153. The van der Waals surface area contributed by atoms with Crippen LogP contribution in [0.4, 0.5) is 5.82 Å². The molecule has 0 fully saturated rings. The van der Waals surface area contributed by atoms with Gasteiger partial charge in [-0.15, -0.1) is 16.4 Å². The summed E-state index contributed by atoms with van der Waals surface area (Å²) < 4.78 is 0. The average Bonchev–Trinajstić information content (AvgIpc) is 2.97. The summed E-state index contributed by atoms with van der Waals surface area (Å²) in [6.45, 7) is 1.29. The third-order valence-corrected chi connectivity index (χ3v) is 5.63. The van der Waals surface area contributed by atoms with Crippen molar-refractivity contribution in [3.8, 4) is 0 Å². The molecule has 0 saturated carbocycles.